The van der Waals surface area contributed by atoms with Crippen LogP contribution in [0.5, 0.6) is 0 Å². The van der Waals surface area contributed by atoms with Crippen LogP contribution in [-0.4, -0.2) is 59.2 Å². The summed E-state index contributed by atoms with van der Waals surface area (Å²) in [6, 6.07) is 25.1. The van der Waals surface area contributed by atoms with Gasteiger partial charge in [-0.2, -0.15) is 8.78 Å². The molecule has 0 N–H and O–H groups in total. The summed E-state index contributed by atoms with van der Waals surface area (Å²) in [5.41, 5.74) is 2.89. The van der Waals surface area contributed by atoms with Gasteiger partial charge in [0.05, 0.1) is 10.2 Å². The number of alkyl halides is 2. The fraction of sp³-hybridized carbons (Fsp3) is 0.259. The molecule has 0 bridgehead atoms. The van der Waals surface area contributed by atoms with Crippen molar-refractivity contribution in [2.24, 2.45) is 0 Å². The Labute approximate surface area is 217 Å². The van der Waals surface area contributed by atoms with Gasteiger partial charge in [0.1, 0.15) is 6.54 Å². The summed E-state index contributed by atoms with van der Waals surface area (Å²) in [6.07, 6.45) is 0. The molecular formula is C27H26F2N4OS2. The van der Waals surface area contributed by atoms with E-state index in [0.29, 0.717) is 34.9 Å². The Balaban J connectivity index is 1.30. The van der Waals surface area contributed by atoms with Crippen molar-refractivity contribution < 1.29 is 13.6 Å². The number of amides is 1. The highest BCUT2D eigenvalue weighted by Gasteiger charge is 2.25. The number of aromatic nitrogens is 1. The zero-order chi connectivity index (χ0) is 24.9. The maximum Gasteiger partial charge on any atom is 0.288 e. The lowest BCUT2D eigenvalue weighted by atomic mass is 10.2. The van der Waals surface area contributed by atoms with Crippen LogP contribution in [0.15, 0.2) is 83.8 Å². The minimum absolute atomic E-state index is 0.0275. The molecule has 1 amide bonds. The number of hydrogen-bond acceptors (Lipinski definition) is 6. The fourth-order valence-electron chi connectivity index (χ4n) is 4.28. The number of benzene rings is 3. The Bertz CT molecular complexity index is 1260. The molecule has 0 saturated carbocycles. The predicted octanol–water partition coefficient (Wildman–Crippen LogP) is 6.09. The van der Waals surface area contributed by atoms with Crippen molar-refractivity contribution in [3.05, 3.63) is 84.4 Å². The number of hydrogen-bond donors (Lipinski definition) is 0. The zero-order valence-corrected chi connectivity index (χ0v) is 21.2. The van der Waals surface area contributed by atoms with E-state index in [9.17, 15) is 13.6 Å². The van der Waals surface area contributed by atoms with Crippen molar-refractivity contribution in [2.45, 2.75) is 17.2 Å². The quantitative estimate of drug-likeness (QED) is 0.261. The number of rotatable bonds is 8. The number of thiazole rings is 1. The van der Waals surface area contributed by atoms with Gasteiger partial charge in [0.15, 0.2) is 5.13 Å². The SMILES string of the molecule is O=C(CN(c1ccc(SC(F)F)cc1)c1nc2ccccc2s1)N1CCN(Cc2ccccc2)CC1. The van der Waals surface area contributed by atoms with Crippen LogP contribution in [0.3, 0.4) is 0 Å². The van der Waals surface area contributed by atoms with Gasteiger partial charge < -0.3 is 9.80 Å². The molecule has 1 saturated heterocycles. The number of piperazine rings is 1. The van der Waals surface area contributed by atoms with Gasteiger partial charge in [0.25, 0.3) is 5.76 Å². The van der Waals surface area contributed by atoms with Gasteiger partial charge in [-0.25, -0.2) is 4.98 Å². The third kappa shape index (κ3) is 6.03. The molecule has 36 heavy (non-hydrogen) atoms. The van der Waals surface area contributed by atoms with Crippen molar-refractivity contribution in [1.82, 2.24) is 14.8 Å². The van der Waals surface area contributed by atoms with Gasteiger partial charge in [-0.1, -0.05) is 65.6 Å². The number of anilines is 2. The van der Waals surface area contributed by atoms with E-state index in [4.69, 9.17) is 4.98 Å². The van der Waals surface area contributed by atoms with E-state index < -0.39 is 5.76 Å². The molecule has 0 radical (unpaired) electrons. The van der Waals surface area contributed by atoms with Crippen LogP contribution in [0, 0.1) is 0 Å². The third-order valence-electron chi connectivity index (χ3n) is 6.15. The number of carbonyl (C=O) groups excluding carboxylic acids is 1. The highest BCUT2D eigenvalue weighted by Crippen LogP contribution is 2.35. The largest absolute Gasteiger partial charge is 0.339 e. The Hall–Kier alpha value is -3.01. The molecule has 0 atom stereocenters. The smallest absolute Gasteiger partial charge is 0.288 e. The molecule has 0 aliphatic carbocycles. The molecule has 5 rings (SSSR count). The predicted molar refractivity (Wildman–Crippen MR) is 143 cm³/mol. The molecule has 9 heteroatoms. The topological polar surface area (TPSA) is 39.7 Å². The number of nitrogens with zero attached hydrogens (tertiary/aromatic N) is 4. The molecule has 3 aromatic carbocycles. The van der Waals surface area contributed by atoms with E-state index in [0.717, 1.165) is 35.5 Å². The average molecular weight is 525 g/mol. The fourth-order valence-corrected chi connectivity index (χ4v) is 5.77. The molecule has 0 spiro atoms. The van der Waals surface area contributed by atoms with Crippen LogP contribution < -0.4 is 4.90 Å². The van der Waals surface area contributed by atoms with Crippen molar-refractivity contribution in [2.75, 3.05) is 37.6 Å². The monoisotopic (exact) mass is 524 g/mol. The van der Waals surface area contributed by atoms with Gasteiger partial charge in [-0.3, -0.25) is 9.69 Å². The Morgan fingerprint density at radius 2 is 1.64 bits per heavy atom. The second-order valence-electron chi connectivity index (χ2n) is 8.57. The first-order chi connectivity index (χ1) is 17.5. The van der Waals surface area contributed by atoms with E-state index >= 15 is 0 Å². The minimum atomic E-state index is -2.47. The lowest BCUT2D eigenvalue weighted by Crippen LogP contribution is -2.50. The van der Waals surface area contributed by atoms with Crippen molar-refractivity contribution >= 4 is 50.0 Å². The average Bonchev–Trinajstić information content (AvgIpc) is 3.32. The summed E-state index contributed by atoms with van der Waals surface area (Å²) < 4.78 is 26.6. The lowest BCUT2D eigenvalue weighted by Gasteiger charge is -2.36. The Morgan fingerprint density at radius 3 is 2.33 bits per heavy atom. The Kier molecular flexibility index (Phi) is 7.79. The molecule has 4 aromatic rings. The van der Waals surface area contributed by atoms with Gasteiger partial charge in [-0.05, 0) is 42.0 Å². The first kappa shape index (κ1) is 24.7. The van der Waals surface area contributed by atoms with Gasteiger partial charge in [0, 0.05) is 43.3 Å². The zero-order valence-electron chi connectivity index (χ0n) is 19.6. The molecule has 1 aliphatic heterocycles. The molecule has 1 fully saturated rings. The normalized spacial score (nSPS) is 14.5. The number of halogens is 2. The summed E-state index contributed by atoms with van der Waals surface area (Å²) in [5.74, 6) is -2.45. The second-order valence-corrected chi connectivity index (χ2v) is 10.6. The maximum atomic E-state index is 13.4. The number of thioether (sulfide) groups is 1. The van der Waals surface area contributed by atoms with Gasteiger partial charge in [-0.15, -0.1) is 0 Å². The van der Waals surface area contributed by atoms with Crippen LogP contribution >= 0.6 is 23.1 Å². The molecule has 2 heterocycles. The molecule has 1 aromatic heterocycles. The molecule has 5 nitrogen and oxygen atoms in total. The first-order valence-corrected chi connectivity index (χ1v) is 13.5. The highest BCUT2D eigenvalue weighted by atomic mass is 32.2. The molecule has 186 valence electrons. The van der Waals surface area contributed by atoms with Gasteiger partial charge >= 0.3 is 0 Å². The summed E-state index contributed by atoms with van der Waals surface area (Å²) in [6.45, 7) is 4.00. The molecular weight excluding hydrogens is 498 g/mol. The van der Waals surface area contributed by atoms with E-state index in [1.54, 1.807) is 24.3 Å². The van der Waals surface area contributed by atoms with Crippen LogP contribution in [0.1, 0.15) is 5.56 Å². The number of carbonyl (C=O) groups is 1. The second kappa shape index (κ2) is 11.4. The molecule has 1 aliphatic rings. The van der Waals surface area contributed by atoms with Crippen molar-refractivity contribution in [3.8, 4) is 0 Å². The van der Waals surface area contributed by atoms with E-state index in [-0.39, 0.29) is 12.5 Å². The van der Waals surface area contributed by atoms with E-state index in [2.05, 4.69) is 17.0 Å². The summed E-state index contributed by atoms with van der Waals surface area (Å²) in [4.78, 5) is 24.8. The summed E-state index contributed by atoms with van der Waals surface area (Å²) in [7, 11) is 0. The molecule has 0 unspecified atom stereocenters. The maximum absolute atomic E-state index is 13.4. The van der Waals surface area contributed by atoms with Gasteiger partial charge in [0.2, 0.25) is 5.91 Å². The minimum Gasteiger partial charge on any atom is -0.339 e. The third-order valence-corrected chi connectivity index (χ3v) is 7.94. The van der Waals surface area contributed by atoms with Crippen LogP contribution in [0.4, 0.5) is 19.6 Å². The lowest BCUT2D eigenvalue weighted by molar-refractivity contribution is -0.131. The number of fused-ring (bicyclic) bond motifs is 1. The summed E-state index contributed by atoms with van der Waals surface area (Å²) in [5, 5.41) is 0.710. The van der Waals surface area contributed by atoms with Crippen LogP contribution in [0.25, 0.3) is 10.2 Å². The van der Waals surface area contributed by atoms with E-state index in [1.165, 1.54) is 16.9 Å². The first-order valence-electron chi connectivity index (χ1n) is 11.8. The highest BCUT2D eigenvalue weighted by molar-refractivity contribution is 7.99. The van der Waals surface area contributed by atoms with Crippen molar-refractivity contribution in [1.29, 1.82) is 0 Å². The summed E-state index contributed by atoms with van der Waals surface area (Å²) >= 11 is 2.03. The van der Waals surface area contributed by atoms with Crippen LogP contribution in [-0.2, 0) is 11.3 Å². The Morgan fingerprint density at radius 1 is 0.944 bits per heavy atom. The number of para-hydroxylation sites is 1. The standard InChI is InChI=1S/C27H26F2N4OS2/c28-26(29)35-22-12-10-21(11-13-22)33(27-30-23-8-4-5-9-24(23)36-27)19-25(34)32-16-14-31(15-17-32)18-20-6-2-1-3-7-20/h1-13,26H,14-19H2. The van der Waals surface area contributed by atoms with Crippen LogP contribution in [0.2, 0.25) is 0 Å². The van der Waals surface area contributed by atoms with Crippen molar-refractivity contribution in [3.63, 3.8) is 0 Å². The van der Waals surface area contributed by atoms with E-state index in [1.807, 2.05) is 52.3 Å².